The van der Waals surface area contributed by atoms with Crippen LogP contribution in [-0.4, -0.2) is 42.0 Å². The summed E-state index contributed by atoms with van der Waals surface area (Å²) in [7, 11) is 0. The lowest BCUT2D eigenvalue weighted by atomic mass is 9.67. The molecule has 7 nitrogen and oxygen atoms in total. The van der Waals surface area contributed by atoms with E-state index in [4.69, 9.17) is 18.9 Å². The predicted octanol–water partition coefficient (Wildman–Crippen LogP) is 2.99. The van der Waals surface area contributed by atoms with Gasteiger partial charge in [0.05, 0.1) is 5.41 Å². The summed E-state index contributed by atoms with van der Waals surface area (Å²) >= 11 is 0. The molecule has 27 heavy (non-hydrogen) atoms. The van der Waals surface area contributed by atoms with Crippen molar-refractivity contribution >= 4 is 17.9 Å². The molecule has 0 aromatic carbocycles. The lowest BCUT2D eigenvalue weighted by Crippen LogP contribution is -2.57. The Morgan fingerprint density at radius 1 is 0.963 bits per heavy atom. The van der Waals surface area contributed by atoms with Crippen LogP contribution in [0.2, 0.25) is 0 Å². The van der Waals surface area contributed by atoms with E-state index in [1.807, 2.05) is 13.8 Å². The first-order valence-corrected chi connectivity index (χ1v) is 9.63. The van der Waals surface area contributed by atoms with Gasteiger partial charge in [0.2, 0.25) is 6.29 Å². The summed E-state index contributed by atoms with van der Waals surface area (Å²) in [5.41, 5.74) is -1.52. The maximum Gasteiger partial charge on any atom is 0.311 e. The van der Waals surface area contributed by atoms with Gasteiger partial charge in [-0.25, -0.2) is 0 Å². The van der Waals surface area contributed by atoms with Gasteiger partial charge in [-0.15, -0.1) is 0 Å². The molecule has 154 valence electrons. The van der Waals surface area contributed by atoms with Crippen LogP contribution < -0.4 is 0 Å². The molecule has 1 saturated heterocycles. The van der Waals surface area contributed by atoms with Crippen molar-refractivity contribution in [2.24, 2.45) is 17.3 Å². The Hall–Kier alpha value is -1.63. The molecule has 2 fully saturated rings. The van der Waals surface area contributed by atoms with Crippen molar-refractivity contribution in [2.45, 2.75) is 91.8 Å². The van der Waals surface area contributed by atoms with E-state index in [1.165, 1.54) is 13.8 Å². The molecule has 1 spiro atoms. The Labute approximate surface area is 161 Å². The van der Waals surface area contributed by atoms with Crippen LogP contribution in [0.3, 0.4) is 0 Å². The first kappa shape index (κ1) is 21.7. The van der Waals surface area contributed by atoms with Gasteiger partial charge in [-0.3, -0.25) is 14.4 Å². The average Bonchev–Trinajstić information content (AvgIpc) is 2.77. The standard InChI is InChI=1S/C20H32O7/c1-11-9-8-10-15(26-18(23)19(5,6)7)20(11)12(2)16(24-13(3)21)17(27-20)25-14(4)22/h11-12,15-17H,8-10H2,1-7H3/t11?,12-,15+,16?,17?,20?/m1/s1. The molecule has 0 aromatic rings. The highest BCUT2D eigenvalue weighted by Crippen LogP contribution is 2.51. The Morgan fingerprint density at radius 3 is 2.07 bits per heavy atom. The maximum atomic E-state index is 12.6. The Kier molecular flexibility index (Phi) is 6.24. The Balaban J connectivity index is 2.39. The van der Waals surface area contributed by atoms with E-state index < -0.39 is 41.5 Å². The molecule has 7 heteroatoms. The fourth-order valence-corrected chi connectivity index (χ4v) is 4.24. The number of hydrogen-bond acceptors (Lipinski definition) is 7. The molecule has 6 atom stereocenters. The average molecular weight is 384 g/mol. The zero-order chi connectivity index (χ0) is 20.6. The molecule has 2 aliphatic rings. The van der Waals surface area contributed by atoms with E-state index in [9.17, 15) is 14.4 Å². The van der Waals surface area contributed by atoms with Crippen molar-refractivity contribution in [3.63, 3.8) is 0 Å². The van der Waals surface area contributed by atoms with Crippen LogP contribution in [0, 0.1) is 17.3 Å². The van der Waals surface area contributed by atoms with Crippen molar-refractivity contribution < 1.29 is 33.3 Å². The molecule has 1 saturated carbocycles. The number of hydrogen-bond donors (Lipinski definition) is 0. The Morgan fingerprint density at radius 2 is 1.56 bits per heavy atom. The predicted molar refractivity (Wildman–Crippen MR) is 96.4 cm³/mol. The topological polar surface area (TPSA) is 88.1 Å². The van der Waals surface area contributed by atoms with E-state index in [0.29, 0.717) is 6.42 Å². The summed E-state index contributed by atoms with van der Waals surface area (Å²) in [6.45, 7) is 11.9. The molecule has 4 unspecified atom stereocenters. The van der Waals surface area contributed by atoms with Crippen LogP contribution in [0.25, 0.3) is 0 Å². The minimum atomic E-state index is -1.02. The highest BCUT2D eigenvalue weighted by Gasteiger charge is 2.64. The van der Waals surface area contributed by atoms with Gasteiger partial charge in [-0.2, -0.15) is 0 Å². The van der Waals surface area contributed by atoms with Gasteiger partial charge in [0.25, 0.3) is 0 Å². The lowest BCUT2D eigenvalue weighted by molar-refractivity contribution is -0.242. The van der Waals surface area contributed by atoms with Crippen LogP contribution in [0.1, 0.15) is 67.7 Å². The fraction of sp³-hybridized carbons (Fsp3) is 0.850. The van der Waals surface area contributed by atoms with Gasteiger partial charge in [-0.05, 0) is 46.0 Å². The molecule has 1 heterocycles. The van der Waals surface area contributed by atoms with Crippen molar-refractivity contribution in [3.05, 3.63) is 0 Å². The first-order valence-electron chi connectivity index (χ1n) is 9.63. The highest BCUT2D eigenvalue weighted by atomic mass is 16.7. The molecule has 0 aromatic heterocycles. The van der Waals surface area contributed by atoms with Crippen LogP contribution in [0.5, 0.6) is 0 Å². The highest BCUT2D eigenvalue weighted by molar-refractivity contribution is 5.75. The number of esters is 3. The second-order valence-electron chi connectivity index (χ2n) is 8.79. The summed E-state index contributed by atoms with van der Waals surface area (Å²) in [5.74, 6) is -1.57. The SMILES string of the molecule is CC(=O)OC1OC2(C(C)CCC[C@@H]2OC(=O)C(C)(C)C)[C@H](C)C1OC(C)=O. The first-order chi connectivity index (χ1) is 12.4. The lowest BCUT2D eigenvalue weighted by Gasteiger charge is -2.47. The van der Waals surface area contributed by atoms with E-state index in [1.54, 1.807) is 20.8 Å². The molecular formula is C20H32O7. The number of carbonyl (C=O) groups excluding carboxylic acids is 3. The zero-order valence-electron chi connectivity index (χ0n) is 17.4. The number of carbonyl (C=O) groups is 3. The van der Waals surface area contributed by atoms with Crippen LogP contribution >= 0.6 is 0 Å². The third-order valence-electron chi connectivity index (χ3n) is 5.62. The zero-order valence-corrected chi connectivity index (χ0v) is 17.4. The summed E-state index contributed by atoms with van der Waals surface area (Å²) in [4.78, 5) is 35.7. The van der Waals surface area contributed by atoms with E-state index in [0.717, 1.165) is 12.8 Å². The second-order valence-corrected chi connectivity index (χ2v) is 8.79. The molecule has 1 aliphatic carbocycles. The minimum absolute atomic E-state index is 0.0395. The monoisotopic (exact) mass is 384 g/mol. The Bertz CT molecular complexity index is 594. The quantitative estimate of drug-likeness (QED) is 0.546. The molecule has 0 bridgehead atoms. The van der Waals surface area contributed by atoms with Gasteiger partial charge < -0.3 is 18.9 Å². The molecule has 1 aliphatic heterocycles. The molecule has 2 rings (SSSR count). The third-order valence-corrected chi connectivity index (χ3v) is 5.62. The third kappa shape index (κ3) is 4.28. The van der Waals surface area contributed by atoms with Crippen molar-refractivity contribution in [1.29, 1.82) is 0 Å². The number of ether oxygens (including phenoxy) is 4. The molecule has 0 amide bonds. The van der Waals surface area contributed by atoms with Gasteiger partial charge >= 0.3 is 17.9 Å². The van der Waals surface area contributed by atoms with Crippen LogP contribution in [0.15, 0.2) is 0 Å². The van der Waals surface area contributed by atoms with Crippen LogP contribution in [0.4, 0.5) is 0 Å². The summed E-state index contributed by atoms with van der Waals surface area (Å²) in [6, 6.07) is 0. The van der Waals surface area contributed by atoms with E-state index in [-0.39, 0.29) is 17.8 Å². The molecule has 0 radical (unpaired) electrons. The summed E-state index contributed by atoms with van der Waals surface area (Å²) in [6.07, 6.45) is 0.170. The molecular weight excluding hydrogens is 352 g/mol. The summed E-state index contributed by atoms with van der Waals surface area (Å²) in [5, 5.41) is 0. The van der Waals surface area contributed by atoms with Crippen molar-refractivity contribution in [3.8, 4) is 0 Å². The summed E-state index contributed by atoms with van der Waals surface area (Å²) < 4.78 is 22.9. The van der Waals surface area contributed by atoms with Gasteiger partial charge in [0, 0.05) is 19.8 Å². The van der Waals surface area contributed by atoms with Crippen LogP contribution in [-0.2, 0) is 33.3 Å². The smallest absolute Gasteiger partial charge is 0.311 e. The fourth-order valence-electron chi connectivity index (χ4n) is 4.24. The van der Waals surface area contributed by atoms with Crippen molar-refractivity contribution in [2.75, 3.05) is 0 Å². The van der Waals surface area contributed by atoms with E-state index >= 15 is 0 Å². The second kappa shape index (κ2) is 7.78. The van der Waals surface area contributed by atoms with E-state index in [2.05, 4.69) is 0 Å². The van der Waals surface area contributed by atoms with Gasteiger partial charge in [-0.1, -0.05) is 13.8 Å². The minimum Gasteiger partial charge on any atom is -0.459 e. The van der Waals surface area contributed by atoms with Gasteiger partial charge in [0.15, 0.2) is 6.10 Å². The maximum absolute atomic E-state index is 12.6. The largest absolute Gasteiger partial charge is 0.459 e. The normalized spacial score (nSPS) is 36.3. The molecule has 0 N–H and O–H groups in total. The number of rotatable bonds is 3. The van der Waals surface area contributed by atoms with Crippen molar-refractivity contribution in [1.82, 2.24) is 0 Å². The van der Waals surface area contributed by atoms with Gasteiger partial charge in [0.1, 0.15) is 11.7 Å².